The molecule has 0 bridgehead atoms. The zero-order chi connectivity index (χ0) is 23.2. The maximum absolute atomic E-state index is 13.2. The second-order valence-corrected chi connectivity index (χ2v) is 9.14. The number of amides is 2. The van der Waals surface area contributed by atoms with Gasteiger partial charge in [0.1, 0.15) is 0 Å². The molecule has 2 aliphatic rings. The van der Waals surface area contributed by atoms with Gasteiger partial charge in [-0.3, -0.25) is 0 Å². The summed E-state index contributed by atoms with van der Waals surface area (Å²) in [5.41, 5.74) is 2.85. The number of hydrogen-bond acceptors (Lipinski definition) is 6. The zero-order valence-corrected chi connectivity index (χ0v) is 20.2. The topological polar surface area (TPSA) is 88.6 Å². The van der Waals surface area contributed by atoms with Gasteiger partial charge in [0, 0.05) is 45.7 Å². The minimum atomic E-state index is -0.246. The molecule has 1 aromatic carbocycles. The number of fused-ring (bicyclic) bond motifs is 1. The molecule has 1 fully saturated rings. The standard InChI is InChI=1S/C23H29Cl2N5O3/c1-32-9-7-20(15-2-3-18(24)19(25)12-15)29-23(31)30-8-4-16-13-26-22(28-21(16)14-30)27-17-5-10-33-11-6-17/h2-3,12-13,17,20H,4-11,14H2,1H3,(H,29,31)(H,26,27,28). The van der Waals surface area contributed by atoms with Crippen LogP contribution >= 0.6 is 23.2 Å². The van der Waals surface area contributed by atoms with E-state index in [9.17, 15) is 4.79 Å². The number of nitrogens with zero attached hydrogens (tertiary/aromatic N) is 3. The first-order valence-electron chi connectivity index (χ1n) is 11.2. The Bertz CT molecular complexity index is 971. The lowest BCUT2D eigenvalue weighted by Crippen LogP contribution is -2.44. The quantitative estimate of drug-likeness (QED) is 0.600. The fraction of sp³-hybridized carbons (Fsp3) is 0.522. The SMILES string of the molecule is COCCC(NC(=O)N1CCc2cnc(NC3CCOCC3)nc2C1)c1ccc(Cl)c(Cl)c1. The summed E-state index contributed by atoms with van der Waals surface area (Å²) in [5.74, 6) is 0.608. The fourth-order valence-electron chi connectivity index (χ4n) is 4.10. The van der Waals surface area contributed by atoms with Crippen LogP contribution < -0.4 is 10.6 Å². The van der Waals surface area contributed by atoms with Gasteiger partial charge in [0.15, 0.2) is 0 Å². The van der Waals surface area contributed by atoms with E-state index in [0.717, 1.165) is 49.3 Å². The Kier molecular flexibility index (Phi) is 8.25. The number of rotatable bonds is 7. The van der Waals surface area contributed by atoms with Crippen LogP contribution in [0, 0.1) is 0 Å². The molecular formula is C23H29Cl2N5O3. The van der Waals surface area contributed by atoms with Gasteiger partial charge in [-0.05, 0) is 48.9 Å². The first-order valence-corrected chi connectivity index (χ1v) is 12.0. The van der Waals surface area contributed by atoms with Crippen LogP contribution in [0.2, 0.25) is 10.0 Å². The molecule has 1 saturated heterocycles. The van der Waals surface area contributed by atoms with E-state index >= 15 is 0 Å². The van der Waals surface area contributed by atoms with Crippen molar-refractivity contribution in [2.24, 2.45) is 0 Å². The van der Waals surface area contributed by atoms with Crippen LogP contribution in [-0.4, -0.2) is 60.4 Å². The monoisotopic (exact) mass is 493 g/mol. The third-order valence-corrected chi connectivity index (χ3v) is 6.78. The first kappa shape index (κ1) is 24.0. The average molecular weight is 494 g/mol. The molecule has 2 aliphatic heterocycles. The van der Waals surface area contributed by atoms with Crippen molar-refractivity contribution < 1.29 is 14.3 Å². The van der Waals surface area contributed by atoms with E-state index < -0.39 is 0 Å². The highest BCUT2D eigenvalue weighted by Gasteiger charge is 2.25. The van der Waals surface area contributed by atoms with Crippen molar-refractivity contribution in [1.29, 1.82) is 0 Å². The van der Waals surface area contributed by atoms with Crippen molar-refractivity contribution in [2.75, 3.05) is 38.8 Å². The Morgan fingerprint density at radius 1 is 1.30 bits per heavy atom. The summed E-state index contributed by atoms with van der Waals surface area (Å²) in [7, 11) is 1.64. The summed E-state index contributed by atoms with van der Waals surface area (Å²) < 4.78 is 10.7. The molecule has 0 aliphatic carbocycles. The summed E-state index contributed by atoms with van der Waals surface area (Å²) in [4.78, 5) is 24.1. The van der Waals surface area contributed by atoms with Crippen LogP contribution in [0.3, 0.4) is 0 Å². The van der Waals surface area contributed by atoms with Crippen molar-refractivity contribution in [3.8, 4) is 0 Å². The molecule has 0 radical (unpaired) electrons. The Morgan fingerprint density at radius 3 is 2.88 bits per heavy atom. The highest BCUT2D eigenvalue weighted by atomic mass is 35.5. The number of ether oxygens (including phenoxy) is 2. The molecule has 1 atom stereocenters. The van der Waals surface area contributed by atoms with Crippen molar-refractivity contribution in [3.63, 3.8) is 0 Å². The smallest absolute Gasteiger partial charge is 0.318 e. The lowest BCUT2D eigenvalue weighted by atomic mass is 10.0. The summed E-state index contributed by atoms with van der Waals surface area (Å²) in [6, 6.07) is 5.33. The Hall–Kier alpha value is -2.13. The number of methoxy groups -OCH3 is 1. The van der Waals surface area contributed by atoms with Gasteiger partial charge in [-0.15, -0.1) is 0 Å². The largest absolute Gasteiger partial charge is 0.385 e. The lowest BCUT2D eigenvalue weighted by molar-refractivity contribution is 0.0903. The molecule has 2 amide bonds. The number of carbonyl (C=O) groups excluding carboxylic acids is 1. The number of urea groups is 1. The van der Waals surface area contributed by atoms with E-state index in [0.29, 0.717) is 48.2 Å². The third-order valence-electron chi connectivity index (χ3n) is 6.04. The average Bonchev–Trinajstić information content (AvgIpc) is 2.83. The van der Waals surface area contributed by atoms with E-state index in [4.69, 9.17) is 37.7 Å². The Morgan fingerprint density at radius 2 is 2.12 bits per heavy atom. The van der Waals surface area contributed by atoms with Gasteiger partial charge in [0.25, 0.3) is 0 Å². The second kappa shape index (κ2) is 11.3. The highest BCUT2D eigenvalue weighted by molar-refractivity contribution is 6.42. The minimum absolute atomic E-state index is 0.148. The highest BCUT2D eigenvalue weighted by Crippen LogP contribution is 2.28. The Labute approximate surface area is 204 Å². The molecule has 1 unspecified atom stereocenters. The number of nitrogens with one attached hydrogen (secondary N) is 2. The zero-order valence-electron chi connectivity index (χ0n) is 18.7. The molecule has 178 valence electrons. The van der Waals surface area contributed by atoms with Gasteiger partial charge in [0.2, 0.25) is 5.95 Å². The molecule has 33 heavy (non-hydrogen) atoms. The summed E-state index contributed by atoms with van der Waals surface area (Å²) >= 11 is 12.3. The second-order valence-electron chi connectivity index (χ2n) is 8.33. The first-order chi connectivity index (χ1) is 16.0. The predicted octanol–water partition coefficient (Wildman–Crippen LogP) is 4.22. The number of benzene rings is 1. The maximum atomic E-state index is 13.2. The van der Waals surface area contributed by atoms with Crippen LogP contribution in [0.5, 0.6) is 0 Å². The number of halogens is 2. The van der Waals surface area contributed by atoms with Crippen molar-refractivity contribution >= 4 is 35.2 Å². The number of anilines is 1. The predicted molar refractivity (Wildman–Crippen MR) is 128 cm³/mol. The summed E-state index contributed by atoms with van der Waals surface area (Å²) in [5, 5.41) is 7.47. The molecule has 4 rings (SSSR count). The minimum Gasteiger partial charge on any atom is -0.385 e. The fourth-order valence-corrected chi connectivity index (χ4v) is 4.40. The molecule has 2 aromatic rings. The van der Waals surface area contributed by atoms with Crippen LogP contribution in [0.1, 0.15) is 42.1 Å². The molecule has 2 N–H and O–H groups in total. The van der Waals surface area contributed by atoms with Crippen LogP contribution in [0.15, 0.2) is 24.4 Å². The molecule has 10 heteroatoms. The Balaban J connectivity index is 1.42. The normalized spacial score (nSPS) is 17.4. The number of carbonyl (C=O) groups is 1. The van der Waals surface area contributed by atoms with Crippen molar-refractivity contribution in [2.45, 2.75) is 44.3 Å². The maximum Gasteiger partial charge on any atom is 0.318 e. The van der Waals surface area contributed by atoms with Gasteiger partial charge in [-0.1, -0.05) is 29.3 Å². The van der Waals surface area contributed by atoms with Crippen LogP contribution in [0.25, 0.3) is 0 Å². The van der Waals surface area contributed by atoms with Gasteiger partial charge >= 0.3 is 6.03 Å². The summed E-state index contributed by atoms with van der Waals surface area (Å²) in [6.45, 7) is 3.04. The molecule has 3 heterocycles. The lowest BCUT2D eigenvalue weighted by Gasteiger charge is -2.31. The van der Waals surface area contributed by atoms with Gasteiger partial charge in [0.05, 0.1) is 28.3 Å². The van der Waals surface area contributed by atoms with Gasteiger partial charge in [-0.2, -0.15) is 0 Å². The van der Waals surface area contributed by atoms with E-state index in [1.165, 1.54) is 0 Å². The molecule has 8 nitrogen and oxygen atoms in total. The van der Waals surface area contributed by atoms with Crippen LogP contribution in [0.4, 0.5) is 10.7 Å². The molecule has 0 saturated carbocycles. The van der Waals surface area contributed by atoms with Crippen LogP contribution in [-0.2, 0) is 22.4 Å². The van der Waals surface area contributed by atoms with E-state index in [1.807, 2.05) is 12.3 Å². The number of aromatic nitrogens is 2. The number of hydrogen-bond donors (Lipinski definition) is 2. The van der Waals surface area contributed by atoms with E-state index in [-0.39, 0.29) is 12.1 Å². The van der Waals surface area contributed by atoms with Crippen molar-refractivity contribution in [1.82, 2.24) is 20.2 Å². The molecular weight excluding hydrogens is 465 g/mol. The molecule has 0 spiro atoms. The van der Waals surface area contributed by atoms with Gasteiger partial charge < -0.3 is 25.0 Å². The molecule has 1 aromatic heterocycles. The third kappa shape index (κ3) is 6.26. The van der Waals surface area contributed by atoms with Crippen molar-refractivity contribution in [3.05, 3.63) is 51.3 Å². The van der Waals surface area contributed by atoms with Gasteiger partial charge in [-0.25, -0.2) is 14.8 Å². The summed E-state index contributed by atoms with van der Waals surface area (Å²) in [6.07, 6.45) is 5.08. The van der Waals surface area contributed by atoms with E-state index in [2.05, 4.69) is 15.6 Å². The van der Waals surface area contributed by atoms with E-state index in [1.54, 1.807) is 24.1 Å².